The monoisotopic (exact) mass is 226 g/mol. The van der Waals surface area contributed by atoms with Crippen molar-refractivity contribution in [3.8, 4) is 0 Å². The van der Waals surface area contributed by atoms with Crippen molar-refractivity contribution in [2.45, 2.75) is 77.2 Å². The highest BCUT2D eigenvalue weighted by Crippen LogP contribution is 2.35. The normalized spacial score (nSPS) is 18.9. The third kappa shape index (κ3) is 3.58. The predicted octanol–water partition coefficient (Wildman–Crippen LogP) is 3.88. The minimum Gasteiger partial charge on any atom is -0.368 e. The van der Waals surface area contributed by atoms with Crippen LogP contribution in [0.25, 0.3) is 0 Å². The molecule has 1 aliphatic rings. The molecule has 1 saturated carbocycles. The van der Waals surface area contributed by atoms with Gasteiger partial charge in [-0.25, -0.2) is 0 Å². The van der Waals surface area contributed by atoms with Crippen LogP contribution in [0.2, 0.25) is 0 Å². The van der Waals surface area contributed by atoms with Gasteiger partial charge >= 0.3 is 0 Å². The fourth-order valence-electron chi connectivity index (χ4n) is 2.67. The summed E-state index contributed by atoms with van der Waals surface area (Å²) in [6.45, 7) is 4.85. The number of hydrogen-bond donors (Lipinski definition) is 0. The first-order valence-electron chi connectivity index (χ1n) is 6.92. The van der Waals surface area contributed by atoms with Gasteiger partial charge in [0.25, 0.3) is 0 Å². The van der Waals surface area contributed by atoms with Gasteiger partial charge in [0.1, 0.15) is 5.60 Å². The average Bonchev–Trinajstić information content (AvgIpc) is 2.74. The van der Waals surface area contributed by atoms with Crippen LogP contribution in [-0.2, 0) is 9.53 Å². The molecule has 0 atom stereocenters. The van der Waals surface area contributed by atoms with Crippen molar-refractivity contribution in [2.24, 2.45) is 0 Å². The van der Waals surface area contributed by atoms with Gasteiger partial charge in [-0.1, -0.05) is 26.2 Å². The van der Waals surface area contributed by atoms with Gasteiger partial charge in [0.15, 0.2) is 5.78 Å². The molecule has 2 nitrogen and oxygen atoms in total. The average molecular weight is 226 g/mol. The molecule has 2 heteroatoms. The van der Waals surface area contributed by atoms with Crippen LogP contribution in [0.4, 0.5) is 0 Å². The Kier molecular flexibility index (Phi) is 6.04. The summed E-state index contributed by atoms with van der Waals surface area (Å²) in [6, 6.07) is 0. The standard InChI is InChI=1S/C14H26O2/c1-3-5-6-7-10-13(15)14(16-4-2)11-8-9-12-14/h3-12H2,1-2H3. The van der Waals surface area contributed by atoms with Crippen molar-refractivity contribution in [3.05, 3.63) is 0 Å². The molecule has 0 N–H and O–H groups in total. The Morgan fingerprint density at radius 2 is 1.81 bits per heavy atom. The van der Waals surface area contributed by atoms with E-state index in [9.17, 15) is 4.79 Å². The SMILES string of the molecule is CCCCCCC(=O)C1(OCC)CCCC1. The van der Waals surface area contributed by atoms with E-state index in [1.54, 1.807) is 0 Å². The maximum Gasteiger partial charge on any atom is 0.164 e. The molecular weight excluding hydrogens is 200 g/mol. The number of carbonyl (C=O) groups is 1. The molecule has 1 rings (SSSR count). The van der Waals surface area contributed by atoms with Crippen LogP contribution in [0.3, 0.4) is 0 Å². The fraction of sp³-hybridized carbons (Fsp3) is 0.929. The Hall–Kier alpha value is -0.370. The summed E-state index contributed by atoms with van der Waals surface area (Å²) in [7, 11) is 0. The van der Waals surface area contributed by atoms with Crippen LogP contribution >= 0.6 is 0 Å². The number of carbonyl (C=O) groups excluding carboxylic acids is 1. The van der Waals surface area contributed by atoms with Gasteiger partial charge in [-0.2, -0.15) is 0 Å². The summed E-state index contributed by atoms with van der Waals surface area (Å²) in [6.07, 6.45) is 9.63. The second-order valence-corrected chi connectivity index (χ2v) is 4.87. The second-order valence-electron chi connectivity index (χ2n) is 4.87. The van der Waals surface area contributed by atoms with Crippen molar-refractivity contribution in [1.82, 2.24) is 0 Å². The largest absolute Gasteiger partial charge is 0.368 e. The summed E-state index contributed by atoms with van der Waals surface area (Å²) in [5, 5.41) is 0. The quantitative estimate of drug-likeness (QED) is 0.587. The Labute approximate surface area is 99.8 Å². The molecule has 0 amide bonds. The van der Waals surface area contributed by atoms with E-state index < -0.39 is 0 Å². The molecule has 0 saturated heterocycles. The van der Waals surface area contributed by atoms with Gasteiger partial charge in [-0.05, 0) is 39.0 Å². The molecule has 0 unspecified atom stereocenters. The first-order valence-corrected chi connectivity index (χ1v) is 6.92. The van der Waals surface area contributed by atoms with E-state index in [1.165, 1.54) is 19.3 Å². The van der Waals surface area contributed by atoms with E-state index in [0.717, 1.165) is 38.5 Å². The first-order chi connectivity index (χ1) is 7.75. The molecule has 0 aromatic heterocycles. The molecule has 1 fully saturated rings. The molecule has 0 aromatic carbocycles. The van der Waals surface area contributed by atoms with Crippen LogP contribution in [0.15, 0.2) is 0 Å². The maximum atomic E-state index is 12.2. The predicted molar refractivity (Wildman–Crippen MR) is 66.6 cm³/mol. The summed E-state index contributed by atoms with van der Waals surface area (Å²) >= 11 is 0. The lowest BCUT2D eigenvalue weighted by Gasteiger charge is -2.27. The van der Waals surface area contributed by atoms with Crippen molar-refractivity contribution in [2.75, 3.05) is 6.61 Å². The number of ether oxygens (including phenoxy) is 1. The second kappa shape index (κ2) is 7.05. The molecule has 0 bridgehead atoms. The summed E-state index contributed by atoms with van der Waals surface area (Å²) < 4.78 is 5.76. The molecule has 0 aliphatic heterocycles. The minimum atomic E-state index is -0.388. The molecule has 16 heavy (non-hydrogen) atoms. The number of rotatable bonds is 8. The third-order valence-corrected chi connectivity index (χ3v) is 3.60. The molecule has 0 aromatic rings. The van der Waals surface area contributed by atoms with Crippen molar-refractivity contribution >= 4 is 5.78 Å². The van der Waals surface area contributed by atoms with E-state index in [2.05, 4.69) is 6.92 Å². The maximum absolute atomic E-state index is 12.2. The van der Waals surface area contributed by atoms with Crippen LogP contribution in [0, 0.1) is 0 Å². The van der Waals surface area contributed by atoms with Gasteiger partial charge in [0.05, 0.1) is 0 Å². The van der Waals surface area contributed by atoms with E-state index in [4.69, 9.17) is 4.74 Å². The van der Waals surface area contributed by atoms with Crippen molar-refractivity contribution < 1.29 is 9.53 Å². The number of unbranched alkanes of at least 4 members (excludes halogenated alkanes) is 3. The zero-order valence-electron chi connectivity index (χ0n) is 10.9. The lowest BCUT2D eigenvalue weighted by molar-refractivity contribution is -0.143. The minimum absolute atomic E-state index is 0.364. The topological polar surface area (TPSA) is 26.3 Å². The van der Waals surface area contributed by atoms with E-state index in [1.807, 2.05) is 6.92 Å². The lowest BCUT2D eigenvalue weighted by Crippen LogP contribution is -2.38. The molecule has 0 heterocycles. The highest BCUT2D eigenvalue weighted by molar-refractivity contribution is 5.87. The molecule has 94 valence electrons. The Morgan fingerprint density at radius 1 is 1.12 bits per heavy atom. The van der Waals surface area contributed by atoms with Gasteiger partial charge in [0.2, 0.25) is 0 Å². The van der Waals surface area contributed by atoms with Crippen LogP contribution in [-0.4, -0.2) is 18.0 Å². The van der Waals surface area contributed by atoms with E-state index in [-0.39, 0.29) is 5.60 Å². The highest BCUT2D eigenvalue weighted by atomic mass is 16.5. The van der Waals surface area contributed by atoms with Gasteiger partial charge in [-0.3, -0.25) is 4.79 Å². The first kappa shape index (κ1) is 13.7. The van der Waals surface area contributed by atoms with Gasteiger partial charge in [0, 0.05) is 13.0 Å². The van der Waals surface area contributed by atoms with Crippen LogP contribution in [0.5, 0.6) is 0 Å². The van der Waals surface area contributed by atoms with Crippen molar-refractivity contribution in [3.63, 3.8) is 0 Å². The highest BCUT2D eigenvalue weighted by Gasteiger charge is 2.40. The number of Topliss-reactive ketones (excluding diaryl/α,β-unsaturated/α-hetero) is 1. The summed E-state index contributed by atoms with van der Waals surface area (Å²) in [5.41, 5.74) is -0.388. The van der Waals surface area contributed by atoms with E-state index in [0.29, 0.717) is 12.4 Å². The third-order valence-electron chi connectivity index (χ3n) is 3.60. The smallest absolute Gasteiger partial charge is 0.164 e. The number of hydrogen-bond acceptors (Lipinski definition) is 2. The molecule has 1 aliphatic carbocycles. The molecule has 0 spiro atoms. The summed E-state index contributed by atoms with van der Waals surface area (Å²) in [5.74, 6) is 0.364. The zero-order chi connectivity index (χ0) is 11.9. The Bertz CT molecular complexity index is 205. The van der Waals surface area contributed by atoms with Gasteiger partial charge < -0.3 is 4.74 Å². The summed E-state index contributed by atoms with van der Waals surface area (Å²) in [4.78, 5) is 12.2. The fourth-order valence-corrected chi connectivity index (χ4v) is 2.67. The van der Waals surface area contributed by atoms with Gasteiger partial charge in [-0.15, -0.1) is 0 Å². The Balaban J connectivity index is 2.36. The molecular formula is C14H26O2. The van der Waals surface area contributed by atoms with Crippen LogP contribution in [0.1, 0.15) is 71.6 Å². The Morgan fingerprint density at radius 3 is 2.38 bits per heavy atom. The number of ketones is 1. The van der Waals surface area contributed by atoms with E-state index >= 15 is 0 Å². The van der Waals surface area contributed by atoms with Crippen LogP contribution < -0.4 is 0 Å². The van der Waals surface area contributed by atoms with Crippen molar-refractivity contribution in [1.29, 1.82) is 0 Å². The zero-order valence-corrected chi connectivity index (χ0v) is 10.9. The lowest BCUT2D eigenvalue weighted by atomic mass is 9.92. The molecule has 0 radical (unpaired) electrons.